The summed E-state index contributed by atoms with van der Waals surface area (Å²) in [5.41, 5.74) is 0. The minimum absolute atomic E-state index is 0.405. The van der Waals surface area contributed by atoms with Crippen molar-refractivity contribution in [2.45, 2.75) is 0 Å². The molecule has 0 unspecified atom stereocenters. The number of hydrogen-bond acceptors (Lipinski definition) is 8. The number of benzene rings is 3. The van der Waals surface area contributed by atoms with Gasteiger partial charge in [-0.15, -0.1) is 0 Å². The normalized spacial score (nSPS) is 11.6. The Morgan fingerprint density at radius 2 is 0.649 bits per heavy atom. The molecule has 204 valence electrons. The summed E-state index contributed by atoms with van der Waals surface area (Å²) in [4.78, 5) is 52.6. The topological polar surface area (TPSA) is 247 Å². The maximum Gasteiger partial charge on any atom is 0.647 e. The van der Waals surface area contributed by atoms with Gasteiger partial charge in [-0.3, -0.25) is 0 Å². The molecular weight excluding hydrogens is 580 g/mol. The highest BCUT2D eigenvalue weighted by atomic mass is 31.3. The van der Waals surface area contributed by atoms with Gasteiger partial charge in [-0.25, -0.2) is 13.7 Å². The van der Waals surface area contributed by atoms with Crippen LogP contribution in [0.5, 0.6) is 17.2 Å². The molecule has 37 heavy (non-hydrogen) atoms. The van der Waals surface area contributed by atoms with Crippen LogP contribution in [-0.2, 0) is 22.6 Å². The highest BCUT2D eigenvalue weighted by molar-refractivity contribution is 7.60. The average Bonchev–Trinajstić information content (AvgIpc) is 2.72. The molecule has 0 spiro atoms. The number of phosphoric acid groups is 4. The van der Waals surface area contributed by atoms with Gasteiger partial charge in [0, 0.05) is 0 Å². The lowest BCUT2D eigenvalue weighted by atomic mass is 10.3. The van der Waals surface area contributed by atoms with Crippen LogP contribution in [0.2, 0.25) is 0 Å². The number of rotatable bonds is 8. The molecule has 0 aliphatic carbocycles. The molecule has 3 aromatic rings. The van der Waals surface area contributed by atoms with Gasteiger partial charge in [0.05, 0.1) is 0 Å². The third-order valence-corrected chi connectivity index (χ3v) is 6.10. The predicted octanol–water partition coefficient (Wildman–Crippen LogP) is 3.59. The van der Waals surface area contributed by atoms with Gasteiger partial charge in [0.2, 0.25) is 0 Å². The van der Waals surface area contributed by atoms with E-state index in [0.29, 0.717) is 17.2 Å². The molecule has 3 rings (SSSR count). The minimum atomic E-state index is -5.05. The van der Waals surface area contributed by atoms with Crippen molar-refractivity contribution in [2.75, 3.05) is 0 Å². The van der Waals surface area contributed by atoms with E-state index in [1.54, 1.807) is 72.8 Å². The van der Waals surface area contributed by atoms with Gasteiger partial charge < -0.3 is 47.8 Å². The van der Waals surface area contributed by atoms with Crippen molar-refractivity contribution < 1.29 is 70.4 Å². The zero-order chi connectivity index (χ0) is 28.2. The Hall–Kier alpha value is -2.34. The lowest BCUT2D eigenvalue weighted by molar-refractivity contribution is 0.225. The van der Waals surface area contributed by atoms with E-state index in [1.807, 2.05) is 18.2 Å². The molecule has 0 fully saturated rings. The number of hydrogen-bond donors (Lipinski definition) is 7. The fraction of sp³-hybridized carbons (Fsp3) is 0. The molecule has 7 N–H and O–H groups in total. The fourth-order valence-electron chi connectivity index (χ4n) is 2.03. The summed E-state index contributed by atoms with van der Waals surface area (Å²) in [7, 11) is -18.6. The summed E-state index contributed by atoms with van der Waals surface area (Å²) in [6.07, 6.45) is 0. The van der Waals surface area contributed by atoms with E-state index in [1.165, 1.54) is 0 Å². The van der Waals surface area contributed by atoms with Crippen LogP contribution in [0.1, 0.15) is 0 Å². The second-order valence-electron chi connectivity index (χ2n) is 6.24. The smallest absolute Gasteiger partial charge is 0.386 e. The Kier molecular flexibility index (Phi) is 12.9. The van der Waals surface area contributed by atoms with E-state index >= 15 is 0 Å². The van der Waals surface area contributed by atoms with E-state index in [9.17, 15) is 13.7 Å². The Labute approximate surface area is 210 Å². The van der Waals surface area contributed by atoms with Gasteiger partial charge >= 0.3 is 31.3 Å². The molecule has 19 heteroatoms. The Morgan fingerprint density at radius 1 is 0.432 bits per heavy atom. The van der Waals surface area contributed by atoms with Gasteiger partial charge in [0.15, 0.2) is 0 Å². The molecule has 0 aliphatic heterocycles. The molecule has 0 aliphatic rings. The second-order valence-corrected chi connectivity index (χ2v) is 11.3. The standard InChI is InChI=1S/C18H15O4P.H4O7P2.H3O4P/c19-23(20-16-10-4-1-5-11-16,21-17-12-6-2-7-13-17)22-18-14-8-3-9-15-18;1-8(2,3)7-9(4,5)6;1-5(2,3)4/h1-15H;(H2,1,2,3)(H2,4,5,6);(H3,1,2,3,4). The largest absolute Gasteiger partial charge is 0.647 e. The molecule has 0 radical (unpaired) electrons. The van der Waals surface area contributed by atoms with Gasteiger partial charge in [0.1, 0.15) is 17.2 Å². The van der Waals surface area contributed by atoms with E-state index in [0.717, 1.165) is 0 Å². The molecule has 15 nitrogen and oxygen atoms in total. The summed E-state index contributed by atoms with van der Waals surface area (Å²) in [5.74, 6) is 1.22. The average molecular weight is 602 g/mol. The third-order valence-electron chi connectivity index (χ3n) is 3.09. The van der Waals surface area contributed by atoms with E-state index < -0.39 is 31.3 Å². The first-order valence-corrected chi connectivity index (χ1v) is 15.5. The molecule has 0 amide bonds. The summed E-state index contributed by atoms with van der Waals surface area (Å²) in [6, 6.07) is 26.4. The highest BCUT2D eigenvalue weighted by Gasteiger charge is 2.33. The second kappa shape index (κ2) is 14.6. The van der Waals surface area contributed by atoms with Crippen molar-refractivity contribution in [3.05, 3.63) is 91.0 Å². The zero-order valence-electron chi connectivity index (χ0n) is 18.3. The zero-order valence-corrected chi connectivity index (χ0v) is 21.9. The number of phosphoric ester groups is 1. The molecule has 0 atom stereocenters. The van der Waals surface area contributed by atoms with Crippen LogP contribution in [0, 0.1) is 0 Å². The van der Waals surface area contributed by atoms with Crippen LogP contribution < -0.4 is 13.6 Å². The van der Waals surface area contributed by atoms with Crippen molar-refractivity contribution in [1.29, 1.82) is 0 Å². The minimum Gasteiger partial charge on any atom is -0.386 e. The van der Waals surface area contributed by atoms with Crippen molar-refractivity contribution in [3.8, 4) is 17.2 Å². The number of para-hydroxylation sites is 3. The summed E-state index contributed by atoms with van der Waals surface area (Å²) in [5, 5.41) is 0. The first-order valence-electron chi connectivity index (χ1n) is 9.39. The van der Waals surface area contributed by atoms with Gasteiger partial charge in [-0.05, 0) is 36.4 Å². The maximum atomic E-state index is 13.1. The Balaban J connectivity index is 0.000000406. The summed E-state index contributed by atoms with van der Waals surface area (Å²) in [6.45, 7) is 0. The SMILES string of the molecule is O=P(O)(O)O.O=P(O)(O)OP(=O)(O)O.O=P(Oc1ccccc1)(Oc1ccccc1)Oc1ccccc1. The van der Waals surface area contributed by atoms with Crippen LogP contribution in [0.4, 0.5) is 0 Å². The van der Waals surface area contributed by atoms with E-state index in [4.69, 9.17) is 52.4 Å². The first kappa shape index (κ1) is 32.7. The highest BCUT2D eigenvalue weighted by Crippen LogP contribution is 2.54. The van der Waals surface area contributed by atoms with Crippen LogP contribution in [-0.4, -0.2) is 34.3 Å². The fourth-order valence-corrected chi connectivity index (χ4v) is 4.39. The van der Waals surface area contributed by atoms with Crippen molar-refractivity contribution in [3.63, 3.8) is 0 Å². The predicted molar refractivity (Wildman–Crippen MR) is 128 cm³/mol. The van der Waals surface area contributed by atoms with Gasteiger partial charge in [-0.1, -0.05) is 54.6 Å². The van der Waals surface area contributed by atoms with Crippen LogP contribution in [0.25, 0.3) is 0 Å². The molecular formula is C18H22O15P4. The monoisotopic (exact) mass is 602 g/mol. The van der Waals surface area contributed by atoms with Crippen LogP contribution >= 0.6 is 31.3 Å². The van der Waals surface area contributed by atoms with E-state index in [-0.39, 0.29) is 0 Å². The lowest BCUT2D eigenvalue weighted by Gasteiger charge is -2.19. The molecule has 0 heterocycles. The lowest BCUT2D eigenvalue weighted by Crippen LogP contribution is -2.07. The Bertz CT molecular complexity index is 1120. The molecule has 0 aromatic heterocycles. The molecule has 0 saturated heterocycles. The molecule has 0 bridgehead atoms. The Morgan fingerprint density at radius 3 is 0.811 bits per heavy atom. The third kappa shape index (κ3) is 18.5. The summed E-state index contributed by atoms with van der Waals surface area (Å²) >= 11 is 0. The quantitative estimate of drug-likeness (QED) is 0.182. The maximum absolute atomic E-state index is 13.1. The van der Waals surface area contributed by atoms with Crippen LogP contribution in [0.3, 0.4) is 0 Å². The first-order chi connectivity index (χ1) is 16.9. The van der Waals surface area contributed by atoms with E-state index in [2.05, 4.69) is 4.31 Å². The van der Waals surface area contributed by atoms with Gasteiger partial charge in [0.25, 0.3) is 0 Å². The van der Waals surface area contributed by atoms with Crippen LogP contribution in [0.15, 0.2) is 91.0 Å². The molecule has 3 aromatic carbocycles. The van der Waals surface area contributed by atoms with Gasteiger partial charge in [-0.2, -0.15) is 8.88 Å². The van der Waals surface area contributed by atoms with Crippen molar-refractivity contribution in [1.82, 2.24) is 0 Å². The van der Waals surface area contributed by atoms with Crippen molar-refractivity contribution >= 4 is 31.3 Å². The van der Waals surface area contributed by atoms with Crippen molar-refractivity contribution in [2.24, 2.45) is 0 Å². The molecule has 0 saturated carbocycles. The summed E-state index contributed by atoms with van der Waals surface area (Å²) < 4.78 is 60.7.